The fraction of sp³-hybridized carbons (Fsp3) is 0.889. The maximum Gasteiger partial charge on any atom is 0.236 e. The number of rotatable bonds is 2. The number of amides is 1. The quantitative estimate of drug-likeness (QED) is 0.714. The Hall–Kier alpha value is -0.280. The third-order valence-corrected chi connectivity index (χ3v) is 2.37. The third-order valence-electron chi connectivity index (χ3n) is 2.37. The van der Waals surface area contributed by atoms with Gasteiger partial charge >= 0.3 is 0 Å². The van der Waals surface area contributed by atoms with E-state index in [9.17, 15) is 4.79 Å². The third kappa shape index (κ3) is 4.48. The summed E-state index contributed by atoms with van der Waals surface area (Å²) in [6, 6.07) is 0.0178. The van der Waals surface area contributed by atoms with Gasteiger partial charge in [-0.25, -0.2) is 0 Å². The van der Waals surface area contributed by atoms with Gasteiger partial charge in [0.15, 0.2) is 0 Å². The van der Waals surface area contributed by atoms with Crippen LogP contribution in [0.15, 0.2) is 0 Å². The summed E-state index contributed by atoms with van der Waals surface area (Å²) in [5.41, 5.74) is 5.44. The van der Waals surface area contributed by atoms with E-state index >= 15 is 0 Å². The first-order valence-electron chi connectivity index (χ1n) is 4.76. The average Bonchev–Trinajstić information content (AvgIpc) is 2.06. The van der Waals surface area contributed by atoms with E-state index in [-0.39, 0.29) is 24.4 Å². The smallest absolute Gasteiger partial charge is 0.236 e. The molecule has 0 spiro atoms. The van der Waals surface area contributed by atoms with Crippen molar-refractivity contribution in [1.82, 2.24) is 5.32 Å². The summed E-state index contributed by atoms with van der Waals surface area (Å²) < 4.78 is 0. The molecule has 13 heavy (non-hydrogen) atoms. The zero-order valence-electron chi connectivity index (χ0n) is 8.08. The van der Waals surface area contributed by atoms with Crippen LogP contribution in [-0.4, -0.2) is 18.0 Å². The summed E-state index contributed by atoms with van der Waals surface area (Å²) in [6.07, 6.45) is 6.04. The van der Waals surface area contributed by atoms with Gasteiger partial charge in [0.1, 0.15) is 0 Å². The minimum absolute atomic E-state index is 0. The van der Waals surface area contributed by atoms with E-state index in [0.29, 0.717) is 6.04 Å². The minimum Gasteiger partial charge on any atom is -0.352 e. The van der Waals surface area contributed by atoms with E-state index in [2.05, 4.69) is 5.32 Å². The second-order valence-corrected chi connectivity index (χ2v) is 3.63. The van der Waals surface area contributed by atoms with Crippen LogP contribution < -0.4 is 11.1 Å². The molecule has 3 N–H and O–H groups in total. The molecule has 0 aliphatic heterocycles. The van der Waals surface area contributed by atoms with Crippen molar-refractivity contribution in [2.45, 2.75) is 51.1 Å². The Bertz CT molecular complexity index is 156. The van der Waals surface area contributed by atoms with Crippen LogP contribution in [0.2, 0.25) is 0 Å². The molecular formula is C9H19ClN2O. The molecule has 0 bridgehead atoms. The highest BCUT2D eigenvalue weighted by atomic mass is 35.5. The van der Waals surface area contributed by atoms with Gasteiger partial charge in [-0.15, -0.1) is 12.4 Å². The number of carbonyl (C=O) groups excluding carboxylic acids is 1. The maximum absolute atomic E-state index is 11.2. The first-order chi connectivity index (χ1) is 5.70. The summed E-state index contributed by atoms with van der Waals surface area (Å²) in [5.74, 6) is -0.0121. The summed E-state index contributed by atoms with van der Waals surface area (Å²) in [5, 5.41) is 2.95. The molecule has 0 aromatic carbocycles. The monoisotopic (exact) mass is 206 g/mol. The molecule has 78 valence electrons. The number of halogens is 1. The Kier molecular flexibility index (Phi) is 6.08. The highest BCUT2D eigenvalue weighted by Gasteiger charge is 2.16. The number of carbonyl (C=O) groups is 1. The van der Waals surface area contributed by atoms with Gasteiger partial charge in [-0.05, 0) is 19.8 Å². The molecule has 1 aliphatic rings. The van der Waals surface area contributed by atoms with Crippen LogP contribution in [-0.2, 0) is 4.79 Å². The number of nitrogens with one attached hydrogen (secondary N) is 1. The van der Waals surface area contributed by atoms with Crippen LogP contribution in [0.3, 0.4) is 0 Å². The first kappa shape index (κ1) is 12.7. The molecule has 0 heterocycles. The lowest BCUT2D eigenvalue weighted by Gasteiger charge is -2.23. The summed E-state index contributed by atoms with van der Waals surface area (Å²) in [4.78, 5) is 11.2. The molecule has 1 rings (SSSR count). The van der Waals surface area contributed by atoms with E-state index in [0.717, 1.165) is 12.8 Å². The van der Waals surface area contributed by atoms with Crippen molar-refractivity contribution in [2.75, 3.05) is 0 Å². The molecule has 4 heteroatoms. The molecule has 1 fully saturated rings. The van der Waals surface area contributed by atoms with Crippen LogP contribution in [0.1, 0.15) is 39.0 Å². The Balaban J connectivity index is 0.00000144. The highest BCUT2D eigenvalue weighted by molar-refractivity contribution is 5.85. The SMILES string of the molecule is CC(N)C(=O)NC1CCCCC1.Cl. The Labute approximate surface area is 85.9 Å². The molecular weight excluding hydrogens is 188 g/mol. The summed E-state index contributed by atoms with van der Waals surface area (Å²) >= 11 is 0. The van der Waals surface area contributed by atoms with E-state index in [1.54, 1.807) is 6.92 Å². The van der Waals surface area contributed by atoms with Crippen molar-refractivity contribution in [3.05, 3.63) is 0 Å². The minimum atomic E-state index is -0.369. The lowest BCUT2D eigenvalue weighted by Crippen LogP contribution is -2.44. The predicted molar refractivity (Wildman–Crippen MR) is 55.9 cm³/mol. The standard InChI is InChI=1S/C9H18N2O.ClH/c1-7(10)9(12)11-8-5-3-2-4-6-8;/h7-8H,2-6,10H2,1H3,(H,11,12);1H. The molecule has 3 nitrogen and oxygen atoms in total. The number of hydrogen-bond donors (Lipinski definition) is 2. The van der Waals surface area contributed by atoms with Crippen LogP contribution in [0.5, 0.6) is 0 Å². The van der Waals surface area contributed by atoms with E-state index in [1.807, 2.05) is 0 Å². The van der Waals surface area contributed by atoms with Crippen molar-refractivity contribution in [3.8, 4) is 0 Å². The van der Waals surface area contributed by atoms with Crippen molar-refractivity contribution < 1.29 is 4.79 Å². The molecule has 0 saturated heterocycles. The Morgan fingerprint density at radius 1 is 1.38 bits per heavy atom. The van der Waals surface area contributed by atoms with Crippen molar-refractivity contribution in [2.24, 2.45) is 5.73 Å². The summed E-state index contributed by atoms with van der Waals surface area (Å²) in [6.45, 7) is 1.72. The molecule has 0 aromatic rings. The molecule has 0 aromatic heterocycles. The summed E-state index contributed by atoms with van der Waals surface area (Å²) in [7, 11) is 0. The maximum atomic E-state index is 11.2. The zero-order chi connectivity index (χ0) is 8.97. The van der Waals surface area contributed by atoms with Crippen molar-refractivity contribution in [1.29, 1.82) is 0 Å². The predicted octanol–water partition coefficient (Wildman–Crippen LogP) is 1.20. The molecule has 1 amide bonds. The molecule has 1 unspecified atom stereocenters. The van der Waals surface area contributed by atoms with Gasteiger partial charge in [0.25, 0.3) is 0 Å². The van der Waals surface area contributed by atoms with Gasteiger partial charge in [-0.1, -0.05) is 19.3 Å². The number of hydrogen-bond acceptors (Lipinski definition) is 2. The normalized spacial score (nSPS) is 20.2. The Morgan fingerprint density at radius 2 is 1.92 bits per heavy atom. The molecule has 0 radical (unpaired) electrons. The van der Waals surface area contributed by atoms with Gasteiger partial charge in [0.05, 0.1) is 6.04 Å². The van der Waals surface area contributed by atoms with E-state index < -0.39 is 0 Å². The fourth-order valence-electron chi connectivity index (χ4n) is 1.58. The Morgan fingerprint density at radius 3 is 2.38 bits per heavy atom. The second-order valence-electron chi connectivity index (χ2n) is 3.63. The average molecular weight is 207 g/mol. The van der Waals surface area contributed by atoms with E-state index in [4.69, 9.17) is 5.73 Å². The van der Waals surface area contributed by atoms with Crippen LogP contribution in [0.4, 0.5) is 0 Å². The molecule has 1 aliphatic carbocycles. The second kappa shape index (κ2) is 6.22. The van der Waals surface area contributed by atoms with Crippen LogP contribution in [0.25, 0.3) is 0 Å². The molecule has 1 atom stereocenters. The van der Waals surface area contributed by atoms with Crippen molar-refractivity contribution >= 4 is 18.3 Å². The number of nitrogens with two attached hydrogens (primary N) is 1. The van der Waals surface area contributed by atoms with Crippen molar-refractivity contribution in [3.63, 3.8) is 0 Å². The molecule has 1 saturated carbocycles. The highest BCUT2D eigenvalue weighted by Crippen LogP contribution is 2.17. The van der Waals surface area contributed by atoms with Crippen LogP contribution in [0, 0.1) is 0 Å². The topological polar surface area (TPSA) is 55.1 Å². The lowest BCUT2D eigenvalue weighted by atomic mass is 9.95. The fourth-order valence-corrected chi connectivity index (χ4v) is 1.58. The van der Waals surface area contributed by atoms with Gasteiger partial charge < -0.3 is 11.1 Å². The van der Waals surface area contributed by atoms with Gasteiger partial charge in [0.2, 0.25) is 5.91 Å². The van der Waals surface area contributed by atoms with Crippen LogP contribution >= 0.6 is 12.4 Å². The zero-order valence-corrected chi connectivity index (χ0v) is 8.90. The lowest BCUT2D eigenvalue weighted by molar-refractivity contribution is -0.122. The van der Waals surface area contributed by atoms with Gasteiger partial charge in [-0.2, -0.15) is 0 Å². The largest absolute Gasteiger partial charge is 0.352 e. The van der Waals surface area contributed by atoms with E-state index in [1.165, 1.54) is 19.3 Å². The van der Waals surface area contributed by atoms with Gasteiger partial charge in [0, 0.05) is 6.04 Å². The first-order valence-corrected chi connectivity index (χ1v) is 4.76. The van der Waals surface area contributed by atoms with Gasteiger partial charge in [-0.3, -0.25) is 4.79 Å².